The number of rotatable bonds is 3. The second kappa shape index (κ2) is 5.20. The van der Waals surface area contributed by atoms with Crippen molar-refractivity contribution in [2.45, 2.75) is 0 Å². The maximum atomic E-state index is 13.0. The van der Waals surface area contributed by atoms with Crippen LogP contribution in [0.1, 0.15) is 0 Å². The molecule has 0 radical (unpaired) electrons. The quantitative estimate of drug-likeness (QED) is 0.640. The lowest BCUT2D eigenvalue weighted by atomic mass is 10.3. The summed E-state index contributed by atoms with van der Waals surface area (Å²) in [5.41, 5.74) is -0.540. The highest BCUT2D eigenvalue weighted by molar-refractivity contribution is 5.82. The number of esters is 1. The van der Waals surface area contributed by atoms with Crippen molar-refractivity contribution in [2.75, 3.05) is 12.4 Å². The third-order valence-corrected chi connectivity index (χ3v) is 1.66. The molecular weight excluding hydrogens is 223 g/mol. The van der Waals surface area contributed by atoms with Crippen LogP contribution >= 0.6 is 0 Å². The Bertz CT molecular complexity index is 409. The van der Waals surface area contributed by atoms with E-state index in [0.29, 0.717) is 12.1 Å². The minimum Gasteiger partial charge on any atom is -0.466 e. The predicted octanol–water partition coefficient (Wildman–Crippen LogP) is 2.20. The van der Waals surface area contributed by atoms with Crippen molar-refractivity contribution in [3.05, 3.63) is 41.9 Å². The van der Waals surface area contributed by atoms with Crippen molar-refractivity contribution in [3.63, 3.8) is 0 Å². The van der Waals surface area contributed by atoms with Gasteiger partial charge in [0, 0.05) is 24.4 Å². The van der Waals surface area contributed by atoms with Crippen LogP contribution in [0, 0.1) is 17.5 Å². The van der Waals surface area contributed by atoms with Crippen LogP contribution in [0.2, 0.25) is 0 Å². The molecule has 0 aliphatic carbocycles. The Morgan fingerprint density at radius 1 is 1.31 bits per heavy atom. The van der Waals surface area contributed by atoms with Crippen LogP contribution < -0.4 is 5.32 Å². The molecule has 16 heavy (non-hydrogen) atoms. The van der Waals surface area contributed by atoms with E-state index in [1.807, 2.05) is 0 Å². The standard InChI is InChI=1S/C10H8F3NO2/c1-16-9(15)2-3-14-10-7(12)4-6(11)5-8(10)13/h2-5,14H,1H3/b3-2+. The first-order valence-electron chi connectivity index (χ1n) is 4.20. The Morgan fingerprint density at radius 2 is 1.88 bits per heavy atom. The first-order valence-corrected chi connectivity index (χ1v) is 4.20. The summed E-state index contributed by atoms with van der Waals surface area (Å²) in [5.74, 6) is -3.88. The molecule has 1 rings (SSSR count). The van der Waals surface area contributed by atoms with Crippen LogP contribution in [0.5, 0.6) is 0 Å². The summed E-state index contributed by atoms with van der Waals surface area (Å²) < 4.78 is 42.8. The van der Waals surface area contributed by atoms with Crippen molar-refractivity contribution in [3.8, 4) is 0 Å². The normalized spacial score (nSPS) is 10.5. The molecule has 0 bridgehead atoms. The van der Waals surface area contributed by atoms with Gasteiger partial charge in [-0.3, -0.25) is 0 Å². The van der Waals surface area contributed by atoms with Gasteiger partial charge in [0.2, 0.25) is 0 Å². The fourth-order valence-electron chi connectivity index (χ4n) is 0.941. The monoisotopic (exact) mass is 231 g/mol. The molecule has 0 atom stereocenters. The van der Waals surface area contributed by atoms with Gasteiger partial charge in [-0.1, -0.05) is 0 Å². The number of nitrogens with one attached hydrogen (secondary N) is 1. The Kier molecular flexibility index (Phi) is 3.93. The molecule has 0 amide bonds. The van der Waals surface area contributed by atoms with Gasteiger partial charge >= 0.3 is 5.97 Å². The van der Waals surface area contributed by atoms with Crippen LogP contribution in [0.25, 0.3) is 0 Å². The molecule has 0 saturated carbocycles. The third-order valence-electron chi connectivity index (χ3n) is 1.66. The summed E-state index contributed by atoms with van der Waals surface area (Å²) in [7, 11) is 1.16. The van der Waals surface area contributed by atoms with E-state index in [0.717, 1.165) is 19.4 Å². The van der Waals surface area contributed by atoms with Gasteiger partial charge in [0.05, 0.1) is 7.11 Å². The molecule has 0 aliphatic rings. The summed E-state index contributed by atoms with van der Waals surface area (Å²) >= 11 is 0. The fourth-order valence-corrected chi connectivity index (χ4v) is 0.941. The molecule has 6 heteroatoms. The summed E-state index contributed by atoms with van der Waals surface area (Å²) in [4.78, 5) is 10.6. The van der Waals surface area contributed by atoms with Gasteiger partial charge in [0.25, 0.3) is 0 Å². The first-order chi connectivity index (χ1) is 7.54. The number of hydrogen-bond donors (Lipinski definition) is 1. The minimum absolute atomic E-state index is 0.525. The lowest BCUT2D eigenvalue weighted by Crippen LogP contribution is -2.00. The van der Waals surface area contributed by atoms with Crippen molar-refractivity contribution < 1.29 is 22.7 Å². The zero-order valence-electron chi connectivity index (χ0n) is 8.26. The van der Waals surface area contributed by atoms with Crippen LogP contribution in [0.15, 0.2) is 24.4 Å². The topological polar surface area (TPSA) is 38.3 Å². The molecule has 0 fully saturated rings. The van der Waals surface area contributed by atoms with Crippen molar-refractivity contribution >= 4 is 11.7 Å². The van der Waals surface area contributed by atoms with Gasteiger partial charge < -0.3 is 10.1 Å². The molecule has 1 N–H and O–H groups in total. The van der Waals surface area contributed by atoms with E-state index in [1.54, 1.807) is 0 Å². The zero-order chi connectivity index (χ0) is 12.1. The van der Waals surface area contributed by atoms with E-state index in [4.69, 9.17) is 0 Å². The number of hydrogen-bond acceptors (Lipinski definition) is 3. The van der Waals surface area contributed by atoms with Gasteiger partial charge in [0.15, 0.2) is 11.6 Å². The summed E-state index contributed by atoms with van der Waals surface area (Å²) in [6, 6.07) is 1.05. The minimum atomic E-state index is -1.09. The number of anilines is 1. The molecule has 1 aromatic carbocycles. The van der Waals surface area contributed by atoms with Crippen LogP contribution in [0.4, 0.5) is 18.9 Å². The number of carbonyl (C=O) groups excluding carboxylic acids is 1. The fraction of sp³-hybridized carbons (Fsp3) is 0.100. The largest absolute Gasteiger partial charge is 0.466 e. The van der Waals surface area contributed by atoms with Crippen LogP contribution in [0.3, 0.4) is 0 Å². The van der Waals surface area contributed by atoms with Crippen molar-refractivity contribution in [2.24, 2.45) is 0 Å². The Balaban J connectivity index is 2.82. The lowest BCUT2D eigenvalue weighted by molar-refractivity contribution is -0.134. The van der Waals surface area contributed by atoms with E-state index in [-0.39, 0.29) is 0 Å². The molecule has 0 spiro atoms. The predicted molar refractivity (Wildman–Crippen MR) is 51.1 cm³/mol. The third kappa shape index (κ3) is 3.01. The average molecular weight is 231 g/mol. The first kappa shape index (κ1) is 12.1. The number of halogens is 3. The number of benzene rings is 1. The number of ether oxygens (including phenoxy) is 1. The maximum Gasteiger partial charge on any atom is 0.331 e. The molecule has 0 aliphatic heterocycles. The molecule has 0 heterocycles. The van der Waals surface area contributed by atoms with E-state index in [2.05, 4.69) is 10.1 Å². The van der Waals surface area contributed by atoms with Gasteiger partial charge in [-0.15, -0.1) is 0 Å². The highest BCUT2D eigenvalue weighted by atomic mass is 19.1. The lowest BCUT2D eigenvalue weighted by Gasteiger charge is -2.04. The number of methoxy groups -OCH3 is 1. The maximum absolute atomic E-state index is 13.0. The second-order valence-electron chi connectivity index (χ2n) is 2.75. The SMILES string of the molecule is COC(=O)/C=C/Nc1c(F)cc(F)cc1F. The highest BCUT2D eigenvalue weighted by Crippen LogP contribution is 2.19. The van der Waals surface area contributed by atoms with Crippen LogP contribution in [-0.4, -0.2) is 13.1 Å². The van der Waals surface area contributed by atoms with Gasteiger partial charge in [-0.2, -0.15) is 0 Å². The van der Waals surface area contributed by atoms with Gasteiger partial charge in [-0.05, 0) is 0 Å². The molecule has 0 unspecified atom stereocenters. The van der Waals surface area contributed by atoms with Crippen molar-refractivity contribution in [1.82, 2.24) is 0 Å². The number of carbonyl (C=O) groups is 1. The Hall–Kier alpha value is -1.98. The summed E-state index contributed by atoms with van der Waals surface area (Å²) in [6.07, 6.45) is 1.92. The molecule has 1 aromatic rings. The van der Waals surface area contributed by atoms with Gasteiger partial charge in [-0.25, -0.2) is 18.0 Å². The van der Waals surface area contributed by atoms with E-state index in [9.17, 15) is 18.0 Å². The second-order valence-corrected chi connectivity index (χ2v) is 2.75. The summed E-state index contributed by atoms with van der Waals surface area (Å²) in [6.45, 7) is 0. The smallest absolute Gasteiger partial charge is 0.331 e. The van der Waals surface area contributed by atoms with Gasteiger partial charge in [0.1, 0.15) is 11.5 Å². The zero-order valence-corrected chi connectivity index (χ0v) is 8.26. The highest BCUT2D eigenvalue weighted by Gasteiger charge is 2.09. The van der Waals surface area contributed by atoms with E-state index >= 15 is 0 Å². The van der Waals surface area contributed by atoms with E-state index in [1.165, 1.54) is 0 Å². The Labute approximate surface area is 89.5 Å². The Morgan fingerprint density at radius 3 is 2.38 bits per heavy atom. The molecule has 0 aromatic heterocycles. The summed E-state index contributed by atoms with van der Waals surface area (Å²) in [5, 5.41) is 2.18. The average Bonchev–Trinajstić information content (AvgIpc) is 2.21. The van der Waals surface area contributed by atoms with E-state index < -0.39 is 29.1 Å². The van der Waals surface area contributed by atoms with Crippen molar-refractivity contribution in [1.29, 1.82) is 0 Å². The van der Waals surface area contributed by atoms with Crippen LogP contribution in [-0.2, 0) is 9.53 Å². The molecular formula is C10H8F3NO2. The molecule has 0 saturated heterocycles. The molecule has 3 nitrogen and oxygen atoms in total. The molecule has 86 valence electrons.